The summed E-state index contributed by atoms with van der Waals surface area (Å²) in [7, 11) is -0.147. The van der Waals surface area contributed by atoms with Gasteiger partial charge in [-0.1, -0.05) is 19.6 Å². The van der Waals surface area contributed by atoms with Gasteiger partial charge in [-0.25, -0.2) is 4.79 Å². The van der Waals surface area contributed by atoms with E-state index in [0.717, 1.165) is 11.0 Å². The third-order valence-electron chi connectivity index (χ3n) is 2.98. The number of esters is 1. The first-order valence-corrected chi connectivity index (χ1v) is 10.2. The van der Waals surface area contributed by atoms with Crippen molar-refractivity contribution in [2.75, 3.05) is 7.11 Å². The fourth-order valence-corrected chi connectivity index (χ4v) is 2.85. The van der Waals surface area contributed by atoms with Crippen molar-refractivity contribution in [1.82, 2.24) is 4.98 Å². The second-order valence-corrected chi connectivity index (χ2v) is 10.8. The third kappa shape index (κ3) is 3.52. The molecule has 0 radical (unpaired) electrons. The molecule has 0 spiro atoms. The lowest BCUT2D eigenvalue weighted by molar-refractivity contribution is 0.0560. The molecule has 21 heavy (non-hydrogen) atoms. The Labute approximate surface area is 124 Å². The predicted octanol–water partition coefficient (Wildman–Crippen LogP) is 3.11. The summed E-state index contributed by atoms with van der Waals surface area (Å²) in [4.78, 5) is 15.9. The normalized spacial score (nSPS) is 11.3. The zero-order chi connectivity index (χ0) is 15.6. The molecular formula is C15H19NO4Si. The van der Waals surface area contributed by atoms with Gasteiger partial charge in [-0.05, 0) is 25.1 Å². The molecule has 0 saturated heterocycles. The minimum Gasteiger partial charge on any atom is -0.463 e. The molecule has 0 aliphatic carbocycles. The fraction of sp³-hybridized carbons (Fsp3) is 0.333. The molecule has 0 aliphatic rings. The van der Waals surface area contributed by atoms with Crippen LogP contribution in [0.4, 0.5) is 0 Å². The largest absolute Gasteiger partial charge is 0.463 e. The van der Waals surface area contributed by atoms with Crippen LogP contribution in [-0.4, -0.2) is 26.1 Å². The number of furan rings is 1. The molecular weight excluding hydrogens is 286 g/mol. The maximum atomic E-state index is 11.3. The van der Waals surface area contributed by atoms with Gasteiger partial charge in [0, 0.05) is 11.4 Å². The summed E-state index contributed by atoms with van der Waals surface area (Å²) in [5.41, 5.74) is 0.797. The van der Waals surface area contributed by atoms with Crippen molar-refractivity contribution in [3.63, 3.8) is 0 Å². The first-order chi connectivity index (χ1) is 9.81. The average molecular weight is 305 g/mol. The Bertz CT molecular complexity index is 658. The lowest BCUT2D eigenvalue weighted by atomic mass is 10.3. The number of aromatic nitrogens is 1. The number of ether oxygens (including phenoxy) is 2. The van der Waals surface area contributed by atoms with Gasteiger partial charge in [0.2, 0.25) is 5.76 Å². The quantitative estimate of drug-likeness (QED) is 0.641. The van der Waals surface area contributed by atoms with Gasteiger partial charge in [-0.3, -0.25) is 4.98 Å². The minimum atomic E-state index is -1.45. The van der Waals surface area contributed by atoms with Gasteiger partial charge < -0.3 is 13.9 Å². The number of nitrogens with zero attached hydrogens (tertiary/aromatic N) is 1. The second kappa shape index (κ2) is 5.73. The molecule has 0 fully saturated rings. The standard InChI is InChI=1S/C15H19NO4Si/c1-10-11(6-8-13(16-10)21(3,4)5)19-14-9-7-12(20-14)15(17)18-2/h6-9H,1-5H3. The van der Waals surface area contributed by atoms with Crippen LogP contribution in [-0.2, 0) is 4.74 Å². The van der Waals surface area contributed by atoms with Crippen molar-refractivity contribution in [2.24, 2.45) is 0 Å². The van der Waals surface area contributed by atoms with Crippen molar-refractivity contribution in [1.29, 1.82) is 0 Å². The number of methoxy groups -OCH3 is 1. The highest BCUT2D eigenvalue weighted by atomic mass is 28.3. The SMILES string of the molecule is COC(=O)c1ccc(Oc2ccc([Si](C)(C)C)nc2C)o1. The Hall–Kier alpha value is -2.08. The van der Waals surface area contributed by atoms with E-state index < -0.39 is 14.0 Å². The van der Waals surface area contributed by atoms with Crippen LogP contribution in [0.15, 0.2) is 28.7 Å². The highest BCUT2D eigenvalue weighted by Crippen LogP contribution is 2.25. The molecule has 0 aromatic carbocycles. The molecule has 0 unspecified atom stereocenters. The van der Waals surface area contributed by atoms with E-state index in [4.69, 9.17) is 9.15 Å². The van der Waals surface area contributed by atoms with Gasteiger partial charge in [0.25, 0.3) is 5.95 Å². The van der Waals surface area contributed by atoms with Crippen molar-refractivity contribution in [2.45, 2.75) is 26.6 Å². The molecule has 0 bridgehead atoms. The van der Waals surface area contributed by atoms with E-state index in [9.17, 15) is 4.79 Å². The highest BCUT2D eigenvalue weighted by Gasteiger charge is 2.20. The van der Waals surface area contributed by atoms with Crippen LogP contribution in [0.3, 0.4) is 0 Å². The highest BCUT2D eigenvalue weighted by molar-refractivity contribution is 6.88. The van der Waals surface area contributed by atoms with Gasteiger partial charge in [0.05, 0.1) is 12.8 Å². The Morgan fingerprint density at radius 3 is 2.48 bits per heavy atom. The second-order valence-electron chi connectivity index (χ2n) is 5.74. The summed E-state index contributed by atoms with van der Waals surface area (Å²) >= 11 is 0. The van der Waals surface area contributed by atoms with Crippen molar-refractivity contribution in [3.8, 4) is 11.7 Å². The van der Waals surface area contributed by atoms with Gasteiger partial charge in [0.15, 0.2) is 5.75 Å². The van der Waals surface area contributed by atoms with E-state index in [-0.39, 0.29) is 11.7 Å². The Balaban J connectivity index is 2.20. The van der Waals surface area contributed by atoms with Crippen LogP contribution < -0.4 is 10.1 Å². The van der Waals surface area contributed by atoms with E-state index >= 15 is 0 Å². The number of hydrogen-bond acceptors (Lipinski definition) is 5. The summed E-state index contributed by atoms with van der Waals surface area (Å²) in [5.74, 6) is 0.425. The van der Waals surface area contributed by atoms with Gasteiger partial charge >= 0.3 is 5.97 Å². The van der Waals surface area contributed by atoms with Crippen LogP contribution >= 0.6 is 0 Å². The van der Waals surface area contributed by atoms with Gasteiger partial charge in [-0.15, -0.1) is 0 Å². The van der Waals surface area contributed by atoms with Crippen LogP contribution in [0.1, 0.15) is 16.2 Å². The number of carbonyl (C=O) groups excluding carboxylic acids is 1. The predicted molar refractivity (Wildman–Crippen MR) is 82.1 cm³/mol. The number of rotatable bonds is 4. The van der Waals surface area contributed by atoms with Crippen LogP contribution in [0.2, 0.25) is 19.6 Å². The monoisotopic (exact) mass is 305 g/mol. The number of hydrogen-bond donors (Lipinski definition) is 0. The molecule has 112 valence electrons. The van der Waals surface area contributed by atoms with E-state index in [0.29, 0.717) is 5.75 Å². The molecule has 2 heterocycles. The molecule has 0 N–H and O–H groups in total. The summed E-state index contributed by atoms with van der Waals surface area (Å²) in [5, 5.41) is 1.13. The summed E-state index contributed by atoms with van der Waals surface area (Å²) in [6.45, 7) is 8.61. The van der Waals surface area contributed by atoms with Gasteiger partial charge in [0.1, 0.15) is 8.07 Å². The summed E-state index contributed by atoms with van der Waals surface area (Å²) in [6, 6.07) is 6.97. The maximum Gasteiger partial charge on any atom is 0.374 e. The lowest BCUT2D eigenvalue weighted by Crippen LogP contribution is -2.40. The third-order valence-corrected chi connectivity index (χ3v) is 4.80. The zero-order valence-electron chi connectivity index (χ0n) is 12.9. The average Bonchev–Trinajstić information content (AvgIpc) is 2.87. The van der Waals surface area contributed by atoms with Crippen LogP contribution in [0.5, 0.6) is 11.7 Å². The first-order valence-electron chi connectivity index (χ1n) is 6.65. The molecule has 2 aromatic rings. The number of carbonyl (C=O) groups is 1. The molecule has 0 atom stereocenters. The Morgan fingerprint density at radius 2 is 1.90 bits per heavy atom. The molecule has 6 heteroatoms. The molecule has 5 nitrogen and oxygen atoms in total. The van der Waals surface area contributed by atoms with E-state index in [1.165, 1.54) is 13.2 Å². The molecule has 2 rings (SSSR count). The molecule has 0 amide bonds. The van der Waals surface area contributed by atoms with E-state index in [2.05, 4.69) is 29.4 Å². The topological polar surface area (TPSA) is 61.6 Å². The van der Waals surface area contributed by atoms with Crippen molar-refractivity contribution in [3.05, 3.63) is 35.7 Å². The van der Waals surface area contributed by atoms with Crippen molar-refractivity contribution >= 4 is 19.4 Å². The van der Waals surface area contributed by atoms with Crippen molar-refractivity contribution < 1.29 is 18.7 Å². The fourth-order valence-electron chi connectivity index (χ4n) is 1.77. The Kier molecular flexibility index (Phi) is 4.18. The maximum absolute atomic E-state index is 11.3. The van der Waals surface area contributed by atoms with E-state index in [1.807, 2.05) is 19.1 Å². The van der Waals surface area contributed by atoms with Crippen LogP contribution in [0, 0.1) is 6.92 Å². The summed E-state index contributed by atoms with van der Waals surface area (Å²) in [6.07, 6.45) is 0. The van der Waals surface area contributed by atoms with E-state index in [1.54, 1.807) is 6.07 Å². The minimum absolute atomic E-state index is 0.108. The first kappa shape index (κ1) is 15.3. The summed E-state index contributed by atoms with van der Waals surface area (Å²) < 4.78 is 15.5. The molecule has 2 aromatic heterocycles. The lowest BCUT2D eigenvalue weighted by Gasteiger charge is -2.16. The molecule has 0 saturated carbocycles. The zero-order valence-corrected chi connectivity index (χ0v) is 13.9. The molecule has 0 aliphatic heterocycles. The smallest absolute Gasteiger partial charge is 0.374 e. The Morgan fingerprint density at radius 1 is 1.19 bits per heavy atom. The van der Waals surface area contributed by atoms with Crippen LogP contribution in [0.25, 0.3) is 0 Å². The number of aryl methyl sites for hydroxylation is 1. The van der Waals surface area contributed by atoms with Gasteiger partial charge in [-0.2, -0.15) is 0 Å². The number of pyridine rings is 1.